The highest BCUT2D eigenvalue weighted by Crippen LogP contribution is 2.31. The van der Waals surface area contributed by atoms with Crippen molar-refractivity contribution in [3.63, 3.8) is 0 Å². The van der Waals surface area contributed by atoms with E-state index in [9.17, 15) is 14.9 Å². The maximum Gasteiger partial charge on any atom is 0.355 e. The Bertz CT molecular complexity index is 1170. The number of ether oxygens (including phenoxy) is 1. The average Bonchev–Trinajstić information content (AvgIpc) is 2.74. The number of hydrogen-bond donors (Lipinski definition) is 3. The predicted octanol–water partition coefficient (Wildman–Crippen LogP) is 4.57. The number of nitrogens with one attached hydrogen (secondary N) is 3. The molecule has 0 aliphatic carbocycles. The van der Waals surface area contributed by atoms with Gasteiger partial charge in [-0.25, -0.2) is 9.97 Å². The highest BCUT2D eigenvalue weighted by molar-refractivity contribution is 6.35. The Hall–Kier alpha value is -3.63. The van der Waals surface area contributed by atoms with E-state index in [4.69, 9.17) is 27.9 Å². The largest absolute Gasteiger partial charge is 0.482 e. The average molecular weight is 477 g/mol. The van der Waals surface area contributed by atoms with Crippen molar-refractivity contribution < 1.29 is 14.5 Å². The summed E-state index contributed by atoms with van der Waals surface area (Å²) < 4.78 is 5.32. The van der Waals surface area contributed by atoms with E-state index >= 15 is 0 Å². The predicted molar refractivity (Wildman–Crippen MR) is 122 cm³/mol. The number of aryl methyl sites for hydroxylation is 2. The molecule has 32 heavy (non-hydrogen) atoms. The van der Waals surface area contributed by atoms with Crippen molar-refractivity contribution >= 4 is 52.1 Å². The van der Waals surface area contributed by atoms with Crippen LogP contribution in [0.2, 0.25) is 10.0 Å². The number of hydrogen-bond acceptors (Lipinski definition) is 8. The maximum absolute atomic E-state index is 12.1. The molecular formula is C20H18Cl2N6O4. The van der Waals surface area contributed by atoms with E-state index in [1.165, 1.54) is 12.1 Å². The maximum atomic E-state index is 12.1. The second-order valence-electron chi connectivity index (χ2n) is 6.64. The molecule has 1 heterocycles. The summed E-state index contributed by atoms with van der Waals surface area (Å²) in [4.78, 5) is 30.9. The summed E-state index contributed by atoms with van der Waals surface area (Å²) in [6, 6.07) is 10.1. The van der Waals surface area contributed by atoms with E-state index in [0.29, 0.717) is 10.7 Å². The van der Waals surface area contributed by atoms with Crippen LogP contribution in [0.5, 0.6) is 5.75 Å². The van der Waals surface area contributed by atoms with Gasteiger partial charge in [-0.1, -0.05) is 29.3 Å². The molecule has 0 saturated carbocycles. The molecule has 2 aromatic carbocycles. The Kier molecular flexibility index (Phi) is 7.29. The van der Waals surface area contributed by atoms with Gasteiger partial charge in [0.05, 0.1) is 9.95 Å². The van der Waals surface area contributed by atoms with E-state index in [1.54, 1.807) is 12.1 Å². The van der Waals surface area contributed by atoms with E-state index < -0.39 is 23.1 Å². The molecule has 166 valence electrons. The second kappa shape index (κ2) is 10.1. The summed E-state index contributed by atoms with van der Waals surface area (Å²) in [6.45, 7) is 3.49. The minimum atomic E-state index is -0.651. The number of nitrogens with zero attached hydrogens (tertiary/aromatic N) is 3. The fraction of sp³-hybridized carbons (Fsp3) is 0.150. The first-order valence-electron chi connectivity index (χ1n) is 9.21. The highest BCUT2D eigenvalue weighted by atomic mass is 35.5. The number of hydrazine groups is 1. The third kappa shape index (κ3) is 5.74. The number of halogens is 2. The molecule has 12 heteroatoms. The molecule has 3 aromatic rings. The van der Waals surface area contributed by atoms with Crippen LogP contribution >= 0.6 is 23.2 Å². The summed E-state index contributed by atoms with van der Waals surface area (Å²) in [6.07, 6.45) is 1.13. The molecule has 0 bridgehead atoms. The normalized spacial score (nSPS) is 10.4. The number of carbonyl (C=O) groups excluding carboxylic acids is 1. The molecule has 0 atom stereocenters. The van der Waals surface area contributed by atoms with Crippen LogP contribution in [0.1, 0.15) is 11.1 Å². The van der Waals surface area contributed by atoms with Crippen LogP contribution in [0, 0.1) is 24.0 Å². The molecule has 0 aliphatic heterocycles. The Labute approximate surface area is 193 Å². The highest BCUT2D eigenvalue weighted by Gasteiger charge is 2.23. The Balaban J connectivity index is 1.69. The first kappa shape index (κ1) is 23.0. The molecule has 10 nitrogen and oxygen atoms in total. The molecule has 3 N–H and O–H groups in total. The SMILES string of the molecule is Cc1ccc(Nc2ncnc(NNC(=O)COc3ccc(Cl)cc3Cl)c2[N+](=O)[O-])cc1C. The van der Waals surface area contributed by atoms with Crippen LogP contribution in [0.15, 0.2) is 42.7 Å². The topological polar surface area (TPSA) is 131 Å². The van der Waals surface area contributed by atoms with Gasteiger partial charge in [0.15, 0.2) is 6.61 Å². The third-order valence-electron chi connectivity index (χ3n) is 4.35. The van der Waals surface area contributed by atoms with Crippen LogP contribution in [-0.4, -0.2) is 27.4 Å². The van der Waals surface area contributed by atoms with Gasteiger partial charge in [-0.15, -0.1) is 0 Å². The van der Waals surface area contributed by atoms with Crippen LogP contribution < -0.4 is 20.9 Å². The van der Waals surface area contributed by atoms with Crippen molar-refractivity contribution in [3.8, 4) is 5.75 Å². The van der Waals surface area contributed by atoms with Gasteiger partial charge in [-0.2, -0.15) is 0 Å². The zero-order valence-electron chi connectivity index (χ0n) is 17.0. The summed E-state index contributed by atoms with van der Waals surface area (Å²) in [5.41, 5.74) is 7.01. The van der Waals surface area contributed by atoms with Gasteiger partial charge in [0.1, 0.15) is 12.1 Å². The summed E-state index contributed by atoms with van der Waals surface area (Å²) in [5.74, 6) is -0.588. The molecule has 0 aliphatic rings. The number of nitro groups is 1. The second-order valence-corrected chi connectivity index (χ2v) is 7.48. The van der Waals surface area contributed by atoms with Crippen LogP contribution in [-0.2, 0) is 4.79 Å². The molecule has 1 aromatic heterocycles. The molecule has 3 rings (SSSR count). The van der Waals surface area contributed by atoms with Gasteiger partial charge < -0.3 is 10.1 Å². The van der Waals surface area contributed by atoms with E-state index in [1.807, 2.05) is 26.0 Å². The first-order valence-corrected chi connectivity index (χ1v) is 9.96. The van der Waals surface area contributed by atoms with E-state index in [2.05, 4.69) is 26.1 Å². The van der Waals surface area contributed by atoms with Crippen molar-refractivity contribution in [1.29, 1.82) is 0 Å². The standard InChI is InChI=1S/C20H18Cl2N6O4/c1-11-3-5-14(7-12(11)2)25-19-18(28(30)31)20(24-10-23-19)27-26-17(29)9-32-16-6-4-13(21)8-15(16)22/h3-8,10H,9H2,1-2H3,(H,26,29)(H2,23,24,25,27). The van der Waals surface area contributed by atoms with Gasteiger partial charge in [0.25, 0.3) is 5.91 Å². The fourth-order valence-electron chi connectivity index (χ4n) is 2.59. The quantitative estimate of drug-likeness (QED) is 0.318. The number of benzene rings is 2. The molecule has 0 unspecified atom stereocenters. The Morgan fingerprint density at radius 2 is 1.84 bits per heavy atom. The third-order valence-corrected chi connectivity index (χ3v) is 4.88. The summed E-state index contributed by atoms with van der Waals surface area (Å²) in [5, 5.41) is 15.2. The lowest BCUT2D eigenvalue weighted by molar-refractivity contribution is -0.383. The zero-order chi connectivity index (χ0) is 23.3. The van der Waals surface area contributed by atoms with Crippen molar-refractivity contribution in [2.24, 2.45) is 0 Å². The van der Waals surface area contributed by atoms with Crippen molar-refractivity contribution in [1.82, 2.24) is 15.4 Å². The molecule has 0 spiro atoms. The van der Waals surface area contributed by atoms with Crippen molar-refractivity contribution in [2.75, 3.05) is 17.3 Å². The Morgan fingerprint density at radius 1 is 1.09 bits per heavy atom. The molecule has 0 saturated heterocycles. The minimum Gasteiger partial charge on any atom is -0.482 e. The Morgan fingerprint density at radius 3 is 2.53 bits per heavy atom. The van der Waals surface area contributed by atoms with Crippen LogP contribution in [0.3, 0.4) is 0 Å². The van der Waals surface area contributed by atoms with Crippen LogP contribution in [0.25, 0.3) is 0 Å². The molecule has 0 radical (unpaired) electrons. The van der Waals surface area contributed by atoms with Gasteiger partial charge in [-0.05, 0) is 55.3 Å². The monoisotopic (exact) mass is 476 g/mol. The van der Waals surface area contributed by atoms with Gasteiger partial charge >= 0.3 is 5.69 Å². The van der Waals surface area contributed by atoms with E-state index in [0.717, 1.165) is 17.5 Å². The first-order chi connectivity index (χ1) is 15.2. The lowest BCUT2D eigenvalue weighted by Gasteiger charge is -2.12. The summed E-state index contributed by atoms with van der Waals surface area (Å²) >= 11 is 11.8. The van der Waals surface area contributed by atoms with E-state index in [-0.39, 0.29) is 22.4 Å². The number of anilines is 3. The number of amides is 1. The molecule has 0 fully saturated rings. The van der Waals surface area contributed by atoms with Gasteiger partial charge in [-0.3, -0.25) is 25.8 Å². The number of carbonyl (C=O) groups is 1. The molecular weight excluding hydrogens is 459 g/mol. The van der Waals surface area contributed by atoms with Crippen LogP contribution in [0.4, 0.5) is 23.0 Å². The molecule has 1 amide bonds. The number of aromatic nitrogens is 2. The summed E-state index contributed by atoms with van der Waals surface area (Å²) in [7, 11) is 0. The van der Waals surface area contributed by atoms with Crippen molar-refractivity contribution in [2.45, 2.75) is 13.8 Å². The van der Waals surface area contributed by atoms with Gasteiger partial charge in [0.2, 0.25) is 11.6 Å². The lowest BCUT2D eigenvalue weighted by atomic mass is 10.1. The van der Waals surface area contributed by atoms with Crippen molar-refractivity contribution in [3.05, 3.63) is 74.0 Å². The number of rotatable bonds is 8. The smallest absolute Gasteiger partial charge is 0.355 e. The lowest BCUT2D eigenvalue weighted by Crippen LogP contribution is -2.34. The minimum absolute atomic E-state index is 0.0331. The fourth-order valence-corrected chi connectivity index (χ4v) is 3.05. The van der Waals surface area contributed by atoms with Gasteiger partial charge in [0, 0.05) is 10.7 Å². The zero-order valence-corrected chi connectivity index (χ0v) is 18.5.